The monoisotopic (exact) mass is 269 g/mol. The van der Waals surface area contributed by atoms with Gasteiger partial charge in [-0.25, -0.2) is 0 Å². The molecule has 3 heteroatoms. The molecule has 1 saturated heterocycles. The topological polar surface area (TPSA) is 40.5 Å². The Morgan fingerprint density at radius 3 is 2.63 bits per heavy atom. The second-order valence-corrected chi connectivity index (χ2v) is 5.89. The van der Waals surface area contributed by atoms with Crippen LogP contribution in [0.2, 0.25) is 0 Å². The fourth-order valence-electron chi connectivity index (χ4n) is 3.07. The SMILES string of the molecule is CCCCCCCCN1CCCCC1CCC(=O)O. The fourth-order valence-corrected chi connectivity index (χ4v) is 3.07. The molecule has 1 N–H and O–H groups in total. The molecule has 0 amide bonds. The summed E-state index contributed by atoms with van der Waals surface area (Å²) >= 11 is 0. The highest BCUT2D eigenvalue weighted by atomic mass is 16.4. The molecule has 1 heterocycles. The number of aliphatic carboxylic acids is 1. The van der Waals surface area contributed by atoms with E-state index in [2.05, 4.69) is 11.8 Å². The van der Waals surface area contributed by atoms with E-state index >= 15 is 0 Å². The van der Waals surface area contributed by atoms with Gasteiger partial charge in [0.2, 0.25) is 0 Å². The average Bonchev–Trinajstić information content (AvgIpc) is 2.41. The van der Waals surface area contributed by atoms with Crippen LogP contribution >= 0.6 is 0 Å². The number of rotatable bonds is 10. The maximum absolute atomic E-state index is 10.7. The highest BCUT2D eigenvalue weighted by molar-refractivity contribution is 5.66. The van der Waals surface area contributed by atoms with Gasteiger partial charge < -0.3 is 10.0 Å². The molecule has 112 valence electrons. The lowest BCUT2D eigenvalue weighted by atomic mass is 9.97. The minimum atomic E-state index is -0.648. The van der Waals surface area contributed by atoms with Crippen LogP contribution in [0.1, 0.15) is 77.6 Å². The number of likely N-dealkylation sites (tertiary alicyclic amines) is 1. The predicted octanol–water partition coefficient (Wildman–Crippen LogP) is 4.07. The van der Waals surface area contributed by atoms with Gasteiger partial charge in [0.05, 0.1) is 0 Å². The summed E-state index contributed by atoms with van der Waals surface area (Å²) in [6.45, 7) is 4.61. The Morgan fingerprint density at radius 2 is 1.89 bits per heavy atom. The Labute approximate surface area is 118 Å². The normalized spacial score (nSPS) is 20.6. The van der Waals surface area contributed by atoms with Gasteiger partial charge in [0.15, 0.2) is 0 Å². The van der Waals surface area contributed by atoms with Crippen molar-refractivity contribution in [1.29, 1.82) is 0 Å². The third kappa shape index (κ3) is 7.56. The zero-order valence-electron chi connectivity index (χ0n) is 12.6. The third-order valence-corrected chi connectivity index (χ3v) is 4.24. The van der Waals surface area contributed by atoms with Gasteiger partial charge in [0, 0.05) is 12.5 Å². The van der Waals surface area contributed by atoms with Gasteiger partial charge in [-0.05, 0) is 38.8 Å². The number of carboxylic acids is 1. The lowest BCUT2D eigenvalue weighted by Gasteiger charge is -2.35. The van der Waals surface area contributed by atoms with Crippen LogP contribution in [-0.4, -0.2) is 35.1 Å². The van der Waals surface area contributed by atoms with Gasteiger partial charge in [0.1, 0.15) is 0 Å². The number of nitrogens with zero attached hydrogens (tertiary/aromatic N) is 1. The Morgan fingerprint density at radius 1 is 1.16 bits per heavy atom. The van der Waals surface area contributed by atoms with Gasteiger partial charge >= 0.3 is 5.97 Å². The van der Waals surface area contributed by atoms with Crippen LogP contribution in [0.4, 0.5) is 0 Å². The Bertz CT molecular complexity index is 243. The van der Waals surface area contributed by atoms with E-state index in [1.807, 2.05) is 0 Å². The molecule has 1 rings (SSSR count). The molecule has 1 unspecified atom stereocenters. The van der Waals surface area contributed by atoms with Crippen molar-refractivity contribution in [3.05, 3.63) is 0 Å². The summed E-state index contributed by atoms with van der Waals surface area (Å²) in [6, 6.07) is 0.528. The fraction of sp³-hybridized carbons (Fsp3) is 0.938. The molecule has 0 aromatic heterocycles. The van der Waals surface area contributed by atoms with Crippen molar-refractivity contribution in [2.24, 2.45) is 0 Å². The van der Waals surface area contributed by atoms with Crippen LogP contribution in [0.15, 0.2) is 0 Å². The minimum Gasteiger partial charge on any atom is -0.481 e. The van der Waals surface area contributed by atoms with Crippen molar-refractivity contribution in [3.63, 3.8) is 0 Å². The van der Waals surface area contributed by atoms with E-state index in [4.69, 9.17) is 5.11 Å². The molecule has 0 spiro atoms. The first-order valence-electron chi connectivity index (χ1n) is 8.20. The summed E-state index contributed by atoms with van der Waals surface area (Å²) in [5.41, 5.74) is 0. The van der Waals surface area contributed by atoms with E-state index < -0.39 is 5.97 Å². The van der Waals surface area contributed by atoms with Gasteiger partial charge in [-0.15, -0.1) is 0 Å². The third-order valence-electron chi connectivity index (χ3n) is 4.24. The molecule has 1 fully saturated rings. The summed E-state index contributed by atoms with van der Waals surface area (Å²) < 4.78 is 0. The van der Waals surface area contributed by atoms with Crippen molar-refractivity contribution >= 4 is 5.97 Å². The number of piperidine rings is 1. The van der Waals surface area contributed by atoms with Crippen LogP contribution < -0.4 is 0 Å². The molecule has 0 bridgehead atoms. The lowest BCUT2D eigenvalue weighted by molar-refractivity contribution is -0.137. The van der Waals surface area contributed by atoms with Crippen molar-refractivity contribution in [2.45, 2.75) is 83.6 Å². The number of carboxylic acid groups (broad SMARTS) is 1. The Balaban J connectivity index is 2.15. The maximum Gasteiger partial charge on any atom is 0.303 e. The zero-order valence-corrected chi connectivity index (χ0v) is 12.6. The van der Waals surface area contributed by atoms with E-state index in [9.17, 15) is 4.79 Å². The molecular weight excluding hydrogens is 238 g/mol. The zero-order chi connectivity index (χ0) is 13.9. The van der Waals surface area contributed by atoms with Crippen molar-refractivity contribution in [3.8, 4) is 0 Å². The van der Waals surface area contributed by atoms with Crippen LogP contribution in [0.3, 0.4) is 0 Å². The molecule has 3 nitrogen and oxygen atoms in total. The average molecular weight is 269 g/mol. The largest absolute Gasteiger partial charge is 0.481 e. The van der Waals surface area contributed by atoms with Gasteiger partial charge in [-0.1, -0.05) is 45.4 Å². The maximum atomic E-state index is 10.7. The number of hydrogen-bond acceptors (Lipinski definition) is 2. The smallest absolute Gasteiger partial charge is 0.303 e. The first kappa shape index (κ1) is 16.5. The molecule has 0 aromatic rings. The second-order valence-electron chi connectivity index (χ2n) is 5.89. The highest BCUT2D eigenvalue weighted by Gasteiger charge is 2.22. The minimum absolute atomic E-state index is 0.331. The lowest BCUT2D eigenvalue weighted by Crippen LogP contribution is -2.40. The van der Waals surface area contributed by atoms with Crippen LogP contribution in [0.25, 0.3) is 0 Å². The molecule has 1 atom stereocenters. The van der Waals surface area contributed by atoms with Gasteiger partial charge in [0.25, 0.3) is 0 Å². The number of unbranched alkanes of at least 4 members (excludes halogenated alkanes) is 5. The van der Waals surface area contributed by atoms with Gasteiger partial charge in [-0.3, -0.25) is 4.79 Å². The van der Waals surface area contributed by atoms with Gasteiger partial charge in [-0.2, -0.15) is 0 Å². The van der Waals surface area contributed by atoms with Crippen molar-refractivity contribution in [1.82, 2.24) is 4.90 Å². The van der Waals surface area contributed by atoms with E-state index in [1.165, 1.54) is 70.9 Å². The van der Waals surface area contributed by atoms with E-state index in [0.29, 0.717) is 12.5 Å². The highest BCUT2D eigenvalue weighted by Crippen LogP contribution is 2.21. The van der Waals surface area contributed by atoms with E-state index in [1.54, 1.807) is 0 Å². The molecule has 0 aromatic carbocycles. The first-order chi connectivity index (χ1) is 9.24. The molecule has 0 radical (unpaired) electrons. The summed E-state index contributed by atoms with van der Waals surface area (Å²) in [7, 11) is 0. The number of carbonyl (C=O) groups is 1. The standard InChI is InChI=1S/C16H31NO2/c1-2-3-4-5-6-8-13-17-14-9-7-10-15(17)11-12-16(18)19/h15H,2-14H2,1H3,(H,18,19). The molecule has 0 saturated carbocycles. The summed E-state index contributed by atoms with van der Waals surface area (Å²) in [5, 5.41) is 8.81. The van der Waals surface area contributed by atoms with Crippen LogP contribution in [-0.2, 0) is 4.79 Å². The second kappa shape index (κ2) is 10.2. The summed E-state index contributed by atoms with van der Waals surface area (Å²) in [6.07, 6.45) is 13.0. The molecular formula is C16H31NO2. The molecule has 19 heavy (non-hydrogen) atoms. The summed E-state index contributed by atoms with van der Waals surface area (Å²) in [4.78, 5) is 13.2. The van der Waals surface area contributed by atoms with E-state index in [-0.39, 0.29) is 0 Å². The Hall–Kier alpha value is -0.570. The first-order valence-corrected chi connectivity index (χ1v) is 8.20. The van der Waals surface area contributed by atoms with Crippen molar-refractivity contribution < 1.29 is 9.90 Å². The molecule has 1 aliphatic rings. The number of hydrogen-bond donors (Lipinski definition) is 1. The quantitative estimate of drug-likeness (QED) is 0.608. The van der Waals surface area contributed by atoms with Crippen LogP contribution in [0, 0.1) is 0 Å². The predicted molar refractivity (Wildman–Crippen MR) is 79.5 cm³/mol. The Kier molecular flexibility index (Phi) is 8.89. The molecule has 0 aliphatic carbocycles. The molecule has 1 aliphatic heterocycles. The van der Waals surface area contributed by atoms with E-state index in [0.717, 1.165) is 6.42 Å². The van der Waals surface area contributed by atoms with Crippen molar-refractivity contribution in [2.75, 3.05) is 13.1 Å². The van der Waals surface area contributed by atoms with Crippen LogP contribution in [0.5, 0.6) is 0 Å². The summed E-state index contributed by atoms with van der Waals surface area (Å²) in [5.74, 6) is -0.648.